The molecule has 0 radical (unpaired) electrons. The second-order valence-electron chi connectivity index (χ2n) is 5.26. The number of hydrogen-bond donors (Lipinski definition) is 2. The average molecular weight is 259 g/mol. The van der Waals surface area contributed by atoms with Crippen LogP contribution in [0.2, 0.25) is 0 Å². The summed E-state index contributed by atoms with van der Waals surface area (Å²) in [6.45, 7) is 5.59. The van der Waals surface area contributed by atoms with Gasteiger partial charge in [-0.3, -0.25) is 4.79 Å². The Bertz CT molecular complexity index is 449. The summed E-state index contributed by atoms with van der Waals surface area (Å²) in [6, 6.07) is 10.2. The fourth-order valence-corrected chi connectivity index (χ4v) is 2.56. The van der Waals surface area contributed by atoms with E-state index in [2.05, 4.69) is 24.0 Å². The average Bonchev–Trinajstić information content (AvgIpc) is 2.34. The van der Waals surface area contributed by atoms with Gasteiger partial charge in [0.15, 0.2) is 0 Å². The molecular formula is C16H21NO2. The molecule has 0 amide bonds. The van der Waals surface area contributed by atoms with E-state index in [1.807, 2.05) is 18.2 Å². The molecule has 3 nitrogen and oxygen atoms in total. The van der Waals surface area contributed by atoms with E-state index in [9.17, 15) is 9.90 Å². The number of carbonyl (C=O) groups is 1. The Morgan fingerprint density at radius 3 is 2.53 bits per heavy atom. The molecule has 0 aromatic heterocycles. The topological polar surface area (TPSA) is 49.3 Å². The number of aliphatic carboxylic acids is 1. The Hall–Kier alpha value is -1.61. The van der Waals surface area contributed by atoms with Gasteiger partial charge in [-0.2, -0.15) is 0 Å². The van der Waals surface area contributed by atoms with Crippen LogP contribution in [0.3, 0.4) is 0 Å². The standard InChI is InChI=1S/C16H21NO2/c1-13(16(15(18)19)9-5-10-16)8-11-17-12-14-6-3-2-4-7-14/h2-4,6-7,17H,1,5,8-12H2,(H,18,19). The maximum absolute atomic E-state index is 11.3. The third-order valence-corrected chi connectivity index (χ3v) is 4.07. The Morgan fingerprint density at radius 1 is 1.32 bits per heavy atom. The van der Waals surface area contributed by atoms with Crippen LogP contribution in [-0.2, 0) is 11.3 Å². The number of hydrogen-bond acceptors (Lipinski definition) is 2. The minimum Gasteiger partial charge on any atom is -0.481 e. The van der Waals surface area contributed by atoms with Crippen molar-refractivity contribution in [2.75, 3.05) is 6.54 Å². The fourth-order valence-electron chi connectivity index (χ4n) is 2.56. The number of benzene rings is 1. The highest BCUT2D eigenvalue weighted by Gasteiger charge is 2.46. The summed E-state index contributed by atoms with van der Waals surface area (Å²) in [5.41, 5.74) is 1.48. The summed E-state index contributed by atoms with van der Waals surface area (Å²) in [4.78, 5) is 11.3. The van der Waals surface area contributed by atoms with Crippen LogP contribution in [0, 0.1) is 5.41 Å². The molecule has 1 aromatic rings. The van der Waals surface area contributed by atoms with Crippen LogP contribution < -0.4 is 5.32 Å². The molecule has 1 saturated carbocycles. The predicted octanol–water partition coefficient (Wildman–Crippen LogP) is 2.98. The van der Waals surface area contributed by atoms with Gasteiger partial charge in [0.2, 0.25) is 0 Å². The van der Waals surface area contributed by atoms with E-state index in [1.165, 1.54) is 5.56 Å². The zero-order chi connectivity index (χ0) is 13.7. The van der Waals surface area contributed by atoms with Gasteiger partial charge in [0.05, 0.1) is 5.41 Å². The summed E-state index contributed by atoms with van der Waals surface area (Å²) < 4.78 is 0. The van der Waals surface area contributed by atoms with Crippen LogP contribution in [0.4, 0.5) is 0 Å². The molecule has 1 fully saturated rings. The lowest BCUT2D eigenvalue weighted by atomic mass is 9.63. The Morgan fingerprint density at radius 2 is 2.00 bits per heavy atom. The number of carboxylic acids is 1. The van der Waals surface area contributed by atoms with Crippen molar-refractivity contribution >= 4 is 5.97 Å². The van der Waals surface area contributed by atoms with Crippen molar-refractivity contribution in [3.8, 4) is 0 Å². The van der Waals surface area contributed by atoms with Crippen molar-refractivity contribution in [3.05, 3.63) is 48.0 Å². The molecule has 0 heterocycles. The molecular weight excluding hydrogens is 238 g/mol. The highest BCUT2D eigenvalue weighted by molar-refractivity contribution is 5.79. The molecule has 19 heavy (non-hydrogen) atoms. The second-order valence-corrected chi connectivity index (χ2v) is 5.26. The van der Waals surface area contributed by atoms with Crippen LogP contribution in [0.5, 0.6) is 0 Å². The van der Waals surface area contributed by atoms with Crippen LogP contribution >= 0.6 is 0 Å². The highest BCUT2D eigenvalue weighted by atomic mass is 16.4. The van der Waals surface area contributed by atoms with Crippen molar-refractivity contribution in [2.24, 2.45) is 5.41 Å². The first-order chi connectivity index (χ1) is 9.15. The first-order valence-corrected chi connectivity index (χ1v) is 6.81. The van der Waals surface area contributed by atoms with E-state index < -0.39 is 11.4 Å². The van der Waals surface area contributed by atoms with Crippen molar-refractivity contribution < 1.29 is 9.90 Å². The maximum Gasteiger partial charge on any atom is 0.313 e. The quantitative estimate of drug-likeness (QED) is 0.584. The van der Waals surface area contributed by atoms with E-state index in [0.29, 0.717) is 0 Å². The van der Waals surface area contributed by atoms with E-state index in [-0.39, 0.29) is 0 Å². The molecule has 2 rings (SSSR count). The van der Waals surface area contributed by atoms with Crippen molar-refractivity contribution in [3.63, 3.8) is 0 Å². The summed E-state index contributed by atoms with van der Waals surface area (Å²) in [6.07, 6.45) is 3.24. The van der Waals surface area contributed by atoms with Gasteiger partial charge >= 0.3 is 5.97 Å². The van der Waals surface area contributed by atoms with Crippen LogP contribution in [0.1, 0.15) is 31.2 Å². The van der Waals surface area contributed by atoms with Gasteiger partial charge in [0.1, 0.15) is 0 Å². The number of nitrogens with one attached hydrogen (secondary N) is 1. The number of carboxylic acid groups (broad SMARTS) is 1. The Labute approximate surface area is 114 Å². The summed E-state index contributed by atoms with van der Waals surface area (Å²) >= 11 is 0. The minimum absolute atomic E-state index is 0.631. The van der Waals surface area contributed by atoms with Crippen LogP contribution in [-0.4, -0.2) is 17.6 Å². The monoisotopic (exact) mass is 259 g/mol. The lowest BCUT2D eigenvalue weighted by molar-refractivity contribution is -0.151. The highest BCUT2D eigenvalue weighted by Crippen LogP contribution is 2.47. The minimum atomic E-state index is -0.702. The SMILES string of the molecule is C=C(CCNCc1ccccc1)C1(C(=O)O)CCC1. The summed E-state index contributed by atoms with van der Waals surface area (Å²) in [5, 5.41) is 12.6. The first-order valence-electron chi connectivity index (χ1n) is 6.81. The molecule has 2 N–H and O–H groups in total. The summed E-state index contributed by atoms with van der Waals surface area (Å²) in [7, 11) is 0. The summed E-state index contributed by atoms with van der Waals surface area (Å²) in [5.74, 6) is -0.702. The van der Waals surface area contributed by atoms with Gasteiger partial charge in [-0.15, -0.1) is 0 Å². The van der Waals surface area contributed by atoms with Gasteiger partial charge in [-0.1, -0.05) is 48.9 Å². The molecule has 1 aliphatic carbocycles. The predicted molar refractivity (Wildman–Crippen MR) is 75.8 cm³/mol. The second kappa shape index (κ2) is 6.02. The third kappa shape index (κ3) is 3.04. The van der Waals surface area contributed by atoms with Crippen molar-refractivity contribution in [1.29, 1.82) is 0 Å². The van der Waals surface area contributed by atoms with E-state index in [1.54, 1.807) is 0 Å². The van der Waals surface area contributed by atoms with Crippen molar-refractivity contribution in [2.45, 2.75) is 32.2 Å². The molecule has 0 aliphatic heterocycles. The normalized spacial score (nSPS) is 16.6. The molecule has 0 saturated heterocycles. The largest absolute Gasteiger partial charge is 0.481 e. The van der Waals surface area contributed by atoms with Crippen LogP contribution in [0.25, 0.3) is 0 Å². The molecule has 0 spiro atoms. The molecule has 0 atom stereocenters. The van der Waals surface area contributed by atoms with E-state index in [0.717, 1.165) is 44.3 Å². The third-order valence-electron chi connectivity index (χ3n) is 4.07. The zero-order valence-electron chi connectivity index (χ0n) is 11.2. The molecule has 102 valence electrons. The fraction of sp³-hybridized carbons (Fsp3) is 0.438. The number of rotatable bonds is 7. The molecule has 1 aromatic carbocycles. The molecule has 0 bridgehead atoms. The van der Waals surface area contributed by atoms with Crippen LogP contribution in [0.15, 0.2) is 42.5 Å². The lowest BCUT2D eigenvalue weighted by Gasteiger charge is -2.39. The molecule has 3 heteroatoms. The van der Waals surface area contributed by atoms with Gasteiger partial charge in [-0.05, 0) is 31.4 Å². The van der Waals surface area contributed by atoms with E-state index in [4.69, 9.17) is 0 Å². The molecule has 0 unspecified atom stereocenters. The van der Waals surface area contributed by atoms with Gasteiger partial charge < -0.3 is 10.4 Å². The van der Waals surface area contributed by atoms with Gasteiger partial charge in [0.25, 0.3) is 0 Å². The molecule has 1 aliphatic rings. The van der Waals surface area contributed by atoms with Gasteiger partial charge in [0, 0.05) is 6.54 Å². The van der Waals surface area contributed by atoms with E-state index >= 15 is 0 Å². The smallest absolute Gasteiger partial charge is 0.313 e. The Kier molecular flexibility index (Phi) is 4.38. The zero-order valence-corrected chi connectivity index (χ0v) is 11.2. The lowest BCUT2D eigenvalue weighted by Crippen LogP contribution is -2.40. The Balaban J connectivity index is 1.74. The maximum atomic E-state index is 11.3. The van der Waals surface area contributed by atoms with Gasteiger partial charge in [-0.25, -0.2) is 0 Å². The first kappa shape index (κ1) is 13.8. The van der Waals surface area contributed by atoms with Crippen molar-refractivity contribution in [1.82, 2.24) is 5.32 Å².